The molecule has 3 rings (SSSR count). The minimum Gasteiger partial charge on any atom is -0.379 e. The van der Waals surface area contributed by atoms with Gasteiger partial charge in [0.1, 0.15) is 11.7 Å². The lowest BCUT2D eigenvalue weighted by molar-refractivity contribution is 0.155. The number of allylic oxidation sites excluding steroid dienone is 3. The predicted molar refractivity (Wildman–Crippen MR) is 69.4 cm³/mol. The molecule has 100 valence electrons. The molecular formula is C14H16FN3O. The second-order valence-corrected chi connectivity index (χ2v) is 4.69. The van der Waals surface area contributed by atoms with Crippen LogP contribution in [0, 0.1) is 0 Å². The van der Waals surface area contributed by atoms with Gasteiger partial charge in [-0.05, 0) is 25.0 Å². The normalized spacial score (nSPS) is 23.6. The Morgan fingerprint density at radius 1 is 1.58 bits per heavy atom. The average Bonchev–Trinajstić information content (AvgIpc) is 3.08. The van der Waals surface area contributed by atoms with Crippen molar-refractivity contribution in [3.63, 3.8) is 0 Å². The Labute approximate surface area is 111 Å². The molecule has 1 aromatic heterocycles. The summed E-state index contributed by atoms with van der Waals surface area (Å²) < 4.78 is 13.9. The van der Waals surface area contributed by atoms with Gasteiger partial charge in [-0.25, -0.2) is 9.37 Å². The van der Waals surface area contributed by atoms with Crippen molar-refractivity contribution < 1.29 is 9.50 Å². The van der Waals surface area contributed by atoms with E-state index in [4.69, 9.17) is 0 Å². The largest absolute Gasteiger partial charge is 0.379 e. The second kappa shape index (κ2) is 4.66. The number of hydrogen-bond donors (Lipinski definition) is 2. The van der Waals surface area contributed by atoms with Crippen LogP contribution in [-0.4, -0.2) is 26.0 Å². The highest BCUT2D eigenvalue weighted by Crippen LogP contribution is 2.39. The lowest BCUT2D eigenvalue weighted by atomic mass is 10.1. The van der Waals surface area contributed by atoms with Crippen LogP contribution in [0.5, 0.6) is 0 Å². The van der Waals surface area contributed by atoms with Gasteiger partial charge in [-0.3, -0.25) is 0 Å². The first-order valence-corrected chi connectivity index (χ1v) is 6.45. The number of nitrogens with one attached hydrogen (secondary N) is 1. The van der Waals surface area contributed by atoms with Crippen LogP contribution in [0.15, 0.2) is 47.8 Å². The maximum atomic E-state index is 13.9. The van der Waals surface area contributed by atoms with E-state index in [-0.39, 0.29) is 11.9 Å². The molecule has 0 spiro atoms. The van der Waals surface area contributed by atoms with E-state index in [2.05, 4.69) is 9.97 Å². The Hall–Kier alpha value is -1.88. The minimum absolute atomic E-state index is 0.157. The summed E-state index contributed by atoms with van der Waals surface area (Å²) in [5.41, 5.74) is 1.72. The van der Waals surface area contributed by atoms with Gasteiger partial charge in [0.25, 0.3) is 0 Å². The van der Waals surface area contributed by atoms with Gasteiger partial charge in [0, 0.05) is 18.1 Å². The number of aliphatic hydroxyl groups is 1. The average molecular weight is 261 g/mol. The fraction of sp³-hybridized carbons (Fsp3) is 0.357. The standard InChI is InChI=1S/C14H16FN3O/c1-2-9-3-5-11-10(15)4-6-12(18(9)11)13(19)14-16-7-8-17-14/h3-4,6-8,11,13,19H,2,5H2,1H3,(H,16,17). The number of halogens is 1. The molecule has 0 aliphatic carbocycles. The smallest absolute Gasteiger partial charge is 0.151 e. The summed E-state index contributed by atoms with van der Waals surface area (Å²) in [6.45, 7) is 2.03. The van der Waals surface area contributed by atoms with E-state index in [0.717, 1.165) is 12.1 Å². The molecule has 2 unspecified atom stereocenters. The molecule has 0 radical (unpaired) electrons. The molecule has 2 aliphatic heterocycles. The van der Waals surface area contributed by atoms with Crippen molar-refractivity contribution in [1.29, 1.82) is 0 Å². The summed E-state index contributed by atoms with van der Waals surface area (Å²) >= 11 is 0. The van der Waals surface area contributed by atoms with Gasteiger partial charge in [-0.1, -0.05) is 13.0 Å². The number of nitrogens with zero attached hydrogens (tertiary/aromatic N) is 2. The summed E-state index contributed by atoms with van der Waals surface area (Å²) in [6.07, 6.45) is 8.96. The SMILES string of the molecule is CCC1=CCC2C(F)=CC=C(C(O)c3ncc[nH]3)N12. The van der Waals surface area contributed by atoms with Crippen molar-refractivity contribution in [1.82, 2.24) is 14.9 Å². The van der Waals surface area contributed by atoms with Gasteiger partial charge in [0.05, 0.1) is 11.7 Å². The molecule has 3 heterocycles. The molecule has 0 saturated carbocycles. The van der Waals surface area contributed by atoms with Crippen molar-refractivity contribution in [2.45, 2.75) is 31.9 Å². The zero-order chi connectivity index (χ0) is 13.4. The van der Waals surface area contributed by atoms with Crippen LogP contribution in [0.25, 0.3) is 0 Å². The molecular weight excluding hydrogens is 245 g/mol. The molecule has 0 bridgehead atoms. The van der Waals surface area contributed by atoms with Crippen LogP contribution in [0.4, 0.5) is 4.39 Å². The molecule has 0 aromatic carbocycles. The topological polar surface area (TPSA) is 52.2 Å². The summed E-state index contributed by atoms with van der Waals surface area (Å²) in [6, 6.07) is -0.306. The minimum atomic E-state index is -0.866. The van der Waals surface area contributed by atoms with E-state index in [1.165, 1.54) is 6.08 Å². The molecule has 0 fully saturated rings. The Morgan fingerprint density at radius 2 is 2.42 bits per heavy atom. The van der Waals surface area contributed by atoms with E-state index in [1.807, 2.05) is 17.9 Å². The Balaban J connectivity index is 1.97. The molecule has 2 aliphatic rings. The van der Waals surface area contributed by atoms with Crippen LogP contribution < -0.4 is 0 Å². The van der Waals surface area contributed by atoms with E-state index in [1.54, 1.807) is 18.5 Å². The number of aromatic nitrogens is 2. The fourth-order valence-corrected chi connectivity index (χ4v) is 2.69. The summed E-state index contributed by atoms with van der Waals surface area (Å²) in [5.74, 6) is 0.318. The number of aromatic amines is 1. The van der Waals surface area contributed by atoms with Crippen molar-refractivity contribution in [3.8, 4) is 0 Å². The number of H-pyrrole nitrogens is 1. The third-order valence-electron chi connectivity index (χ3n) is 3.63. The first-order chi connectivity index (χ1) is 9.22. The maximum Gasteiger partial charge on any atom is 0.151 e. The zero-order valence-electron chi connectivity index (χ0n) is 10.7. The molecule has 5 heteroatoms. The number of aliphatic hydroxyl groups excluding tert-OH is 1. The van der Waals surface area contributed by atoms with E-state index < -0.39 is 6.10 Å². The van der Waals surface area contributed by atoms with Crippen LogP contribution in [0.3, 0.4) is 0 Å². The van der Waals surface area contributed by atoms with Gasteiger partial charge in [-0.2, -0.15) is 0 Å². The Kier molecular flexibility index (Phi) is 2.98. The van der Waals surface area contributed by atoms with Crippen LogP contribution in [0.2, 0.25) is 0 Å². The highest BCUT2D eigenvalue weighted by atomic mass is 19.1. The molecule has 2 atom stereocenters. The van der Waals surface area contributed by atoms with Crippen LogP contribution >= 0.6 is 0 Å². The highest BCUT2D eigenvalue weighted by Gasteiger charge is 2.36. The molecule has 2 N–H and O–H groups in total. The monoisotopic (exact) mass is 261 g/mol. The Bertz CT molecular complexity index is 559. The summed E-state index contributed by atoms with van der Waals surface area (Å²) in [7, 11) is 0. The number of rotatable bonds is 3. The first kappa shape index (κ1) is 12.2. The summed E-state index contributed by atoms with van der Waals surface area (Å²) in [5, 5.41) is 10.4. The van der Waals surface area contributed by atoms with Gasteiger partial charge in [0.15, 0.2) is 6.10 Å². The predicted octanol–water partition coefficient (Wildman–Crippen LogP) is 2.56. The maximum absolute atomic E-state index is 13.9. The number of hydrogen-bond acceptors (Lipinski definition) is 3. The van der Waals surface area contributed by atoms with Gasteiger partial charge >= 0.3 is 0 Å². The quantitative estimate of drug-likeness (QED) is 0.879. The van der Waals surface area contributed by atoms with Crippen molar-refractivity contribution in [2.24, 2.45) is 0 Å². The third kappa shape index (κ3) is 1.90. The molecule has 0 amide bonds. The molecule has 1 aromatic rings. The van der Waals surface area contributed by atoms with Gasteiger partial charge in [-0.15, -0.1) is 0 Å². The van der Waals surface area contributed by atoms with Gasteiger partial charge in [0.2, 0.25) is 0 Å². The van der Waals surface area contributed by atoms with Crippen molar-refractivity contribution in [3.05, 3.63) is 53.7 Å². The number of fused-ring (bicyclic) bond motifs is 1. The molecule has 0 saturated heterocycles. The second-order valence-electron chi connectivity index (χ2n) is 4.69. The van der Waals surface area contributed by atoms with Crippen molar-refractivity contribution in [2.75, 3.05) is 0 Å². The van der Waals surface area contributed by atoms with Gasteiger partial charge < -0.3 is 15.0 Å². The Morgan fingerprint density at radius 3 is 3.11 bits per heavy atom. The number of imidazole rings is 1. The highest BCUT2D eigenvalue weighted by molar-refractivity contribution is 5.36. The first-order valence-electron chi connectivity index (χ1n) is 6.45. The van der Waals surface area contributed by atoms with Crippen LogP contribution in [0.1, 0.15) is 31.7 Å². The van der Waals surface area contributed by atoms with E-state index >= 15 is 0 Å². The van der Waals surface area contributed by atoms with Crippen molar-refractivity contribution >= 4 is 0 Å². The lowest BCUT2D eigenvalue weighted by Crippen LogP contribution is -2.34. The van der Waals surface area contributed by atoms with Crippen LogP contribution in [-0.2, 0) is 0 Å². The third-order valence-corrected chi connectivity index (χ3v) is 3.63. The van der Waals surface area contributed by atoms with E-state index in [9.17, 15) is 9.50 Å². The molecule has 4 nitrogen and oxygen atoms in total. The zero-order valence-corrected chi connectivity index (χ0v) is 10.7. The molecule has 19 heavy (non-hydrogen) atoms. The summed E-state index contributed by atoms with van der Waals surface area (Å²) in [4.78, 5) is 8.86. The van der Waals surface area contributed by atoms with E-state index in [0.29, 0.717) is 17.9 Å². The lowest BCUT2D eigenvalue weighted by Gasteiger charge is -2.35. The fourth-order valence-electron chi connectivity index (χ4n) is 2.69.